The van der Waals surface area contributed by atoms with Crippen molar-refractivity contribution in [1.82, 2.24) is 15.0 Å². The summed E-state index contributed by atoms with van der Waals surface area (Å²) in [6, 6.07) is 4.83. The first-order valence-electron chi connectivity index (χ1n) is 10.9. The van der Waals surface area contributed by atoms with E-state index in [-0.39, 0.29) is 29.9 Å². The average Bonchev–Trinajstić information content (AvgIpc) is 3.19. The molecule has 8 nitrogen and oxygen atoms in total. The highest BCUT2D eigenvalue weighted by atomic mass is 19.1. The highest BCUT2D eigenvalue weighted by molar-refractivity contribution is 5.68. The lowest BCUT2D eigenvalue weighted by Crippen LogP contribution is -2.58. The molecule has 3 heterocycles. The fraction of sp³-hybridized carbons (Fsp3) is 0.609. The first-order chi connectivity index (χ1) is 15.1. The molecule has 2 fully saturated rings. The quantitative estimate of drug-likeness (QED) is 0.696. The Balaban J connectivity index is 1.42. The molecule has 0 spiro atoms. The van der Waals surface area contributed by atoms with Gasteiger partial charge < -0.3 is 23.6 Å². The van der Waals surface area contributed by atoms with Crippen LogP contribution in [0.25, 0.3) is 11.4 Å². The van der Waals surface area contributed by atoms with E-state index in [1.54, 1.807) is 24.0 Å². The third kappa shape index (κ3) is 4.94. The molecular formula is C23H30FN3O5. The second-order valence-electron chi connectivity index (χ2n) is 9.61. The van der Waals surface area contributed by atoms with Crippen molar-refractivity contribution in [2.75, 3.05) is 26.3 Å². The molecule has 4 rings (SSSR count). The van der Waals surface area contributed by atoms with Crippen molar-refractivity contribution in [1.29, 1.82) is 0 Å². The molecule has 2 unspecified atom stereocenters. The summed E-state index contributed by atoms with van der Waals surface area (Å²) in [5.41, 5.74) is 0.563. The van der Waals surface area contributed by atoms with Gasteiger partial charge in [0.05, 0.1) is 19.3 Å². The van der Waals surface area contributed by atoms with Gasteiger partial charge in [0.25, 0.3) is 5.89 Å². The lowest BCUT2D eigenvalue weighted by Gasteiger charge is -2.47. The van der Waals surface area contributed by atoms with E-state index in [0.717, 1.165) is 0 Å². The second-order valence-corrected chi connectivity index (χ2v) is 9.61. The Kier molecular flexibility index (Phi) is 6.22. The maximum atomic E-state index is 13.9. The number of hydrogen-bond acceptors (Lipinski definition) is 7. The summed E-state index contributed by atoms with van der Waals surface area (Å²) in [6.45, 7) is 11.1. The maximum Gasteiger partial charge on any atom is 0.410 e. The lowest BCUT2D eigenvalue weighted by atomic mass is 9.84. The topological polar surface area (TPSA) is 86.9 Å². The van der Waals surface area contributed by atoms with Gasteiger partial charge in [-0.2, -0.15) is 4.98 Å². The molecule has 0 aliphatic carbocycles. The van der Waals surface area contributed by atoms with Crippen LogP contribution in [0.3, 0.4) is 0 Å². The molecule has 0 N–H and O–H groups in total. The zero-order valence-electron chi connectivity index (χ0n) is 19.1. The number of aryl methyl sites for hydroxylation is 1. The zero-order chi connectivity index (χ0) is 23.0. The van der Waals surface area contributed by atoms with Crippen molar-refractivity contribution in [3.05, 3.63) is 35.5 Å². The van der Waals surface area contributed by atoms with Gasteiger partial charge in [0.1, 0.15) is 17.5 Å². The van der Waals surface area contributed by atoms with Gasteiger partial charge in [-0.3, -0.25) is 0 Å². The summed E-state index contributed by atoms with van der Waals surface area (Å²) in [7, 11) is 0. The summed E-state index contributed by atoms with van der Waals surface area (Å²) in [5.74, 6) is 0.368. The number of amides is 1. The van der Waals surface area contributed by atoms with Gasteiger partial charge in [-0.05, 0) is 46.2 Å². The van der Waals surface area contributed by atoms with E-state index in [9.17, 15) is 9.18 Å². The molecule has 1 amide bonds. The van der Waals surface area contributed by atoms with Crippen LogP contribution in [-0.2, 0) is 14.2 Å². The number of nitrogens with zero attached hydrogens (tertiary/aromatic N) is 3. The van der Waals surface area contributed by atoms with Gasteiger partial charge in [0.15, 0.2) is 0 Å². The van der Waals surface area contributed by atoms with Crippen molar-refractivity contribution < 1.29 is 27.9 Å². The number of rotatable bonds is 4. The third-order valence-corrected chi connectivity index (χ3v) is 5.74. The molecule has 174 valence electrons. The minimum atomic E-state index is -0.541. The number of carbonyl (C=O) groups is 1. The number of halogens is 1. The fourth-order valence-electron chi connectivity index (χ4n) is 4.14. The van der Waals surface area contributed by atoms with Crippen LogP contribution < -0.4 is 0 Å². The molecule has 1 aromatic carbocycles. The van der Waals surface area contributed by atoms with E-state index in [1.165, 1.54) is 6.07 Å². The molecule has 9 heteroatoms. The van der Waals surface area contributed by atoms with Crippen molar-refractivity contribution in [3.8, 4) is 11.4 Å². The fourth-order valence-corrected chi connectivity index (χ4v) is 4.14. The predicted octanol–water partition coefficient (Wildman–Crippen LogP) is 4.14. The molecule has 0 radical (unpaired) electrons. The standard InChI is InChI=1S/C23H30FN3O5/c1-13-6-7-15(8-18(13)24)20-25-21(32-26-20)14(2)30-19-16-9-27(10-17(19)12-29-11-16)22(28)31-23(3,4)5/h6-8,14,16-17,19H,9-12H2,1-5H3/t14-,16?,17?,19?/m1/s1. The first-order valence-corrected chi connectivity index (χ1v) is 10.9. The molecule has 2 saturated heterocycles. The van der Waals surface area contributed by atoms with Crippen molar-refractivity contribution in [2.24, 2.45) is 11.8 Å². The number of piperidine rings is 1. The number of benzene rings is 1. The molecule has 2 aliphatic heterocycles. The number of carbonyl (C=O) groups excluding carboxylic acids is 1. The SMILES string of the molecule is Cc1ccc(-c2noc([C@@H](C)OC3C4COCC3CN(C(=O)OC(C)(C)C)C4)n2)cc1F. The van der Waals surface area contributed by atoms with Crippen LogP contribution >= 0.6 is 0 Å². The predicted molar refractivity (Wildman–Crippen MR) is 113 cm³/mol. The van der Waals surface area contributed by atoms with E-state index in [1.807, 2.05) is 27.7 Å². The number of ether oxygens (including phenoxy) is 3. The van der Waals surface area contributed by atoms with Crippen LogP contribution in [0, 0.1) is 24.6 Å². The smallest absolute Gasteiger partial charge is 0.410 e. The van der Waals surface area contributed by atoms with E-state index in [2.05, 4.69) is 10.1 Å². The highest BCUT2D eigenvalue weighted by Crippen LogP contribution is 2.34. The van der Waals surface area contributed by atoms with Crippen LogP contribution in [0.15, 0.2) is 22.7 Å². The number of aromatic nitrogens is 2. The Hall–Kier alpha value is -2.52. The summed E-state index contributed by atoms with van der Waals surface area (Å²) < 4.78 is 36.9. The monoisotopic (exact) mass is 447 g/mol. The molecule has 2 bridgehead atoms. The molecule has 2 aromatic rings. The van der Waals surface area contributed by atoms with Crippen LogP contribution in [0.1, 0.15) is 45.3 Å². The summed E-state index contributed by atoms with van der Waals surface area (Å²) >= 11 is 0. The maximum absolute atomic E-state index is 13.9. The molecule has 32 heavy (non-hydrogen) atoms. The summed E-state index contributed by atoms with van der Waals surface area (Å²) in [4.78, 5) is 18.7. The van der Waals surface area contributed by atoms with Crippen LogP contribution in [0.4, 0.5) is 9.18 Å². The number of hydrogen-bond donors (Lipinski definition) is 0. The molecule has 0 saturated carbocycles. The van der Waals surface area contributed by atoms with Crippen molar-refractivity contribution in [3.63, 3.8) is 0 Å². The number of likely N-dealkylation sites (tertiary alicyclic amines) is 1. The Morgan fingerprint density at radius 1 is 1.25 bits per heavy atom. The molecular weight excluding hydrogens is 417 g/mol. The van der Waals surface area contributed by atoms with Crippen molar-refractivity contribution >= 4 is 6.09 Å². The van der Waals surface area contributed by atoms with E-state index >= 15 is 0 Å². The van der Waals surface area contributed by atoms with Crippen molar-refractivity contribution in [2.45, 2.75) is 52.4 Å². The van der Waals surface area contributed by atoms with Gasteiger partial charge in [0, 0.05) is 30.5 Å². The van der Waals surface area contributed by atoms with E-state index in [4.69, 9.17) is 18.7 Å². The van der Waals surface area contributed by atoms with E-state index in [0.29, 0.717) is 49.1 Å². The van der Waals surface area contributed by atoms with Gasteiger partial charge in [-0.1, -0.05) is 17.3 Å². The normalized spacial score (nSPS) is 24.3. The Bertz CT molecular complexity index is 959. The van der Waals surface area contributed by atoms with Gasteiger partial charge in [0.2, 0.25) is 5.82 Å². The highest BCUT2D eigenvalue weighted by Gasteiger charge is 2.44. The van der Waals surface area contributed by atoms with Crippen LogP contribution in [0.5, 0.6) is 0 Å². The Morgan fingerprint density at radius 3 is 2.56 bits per heavy atom. The van der Waals surface area contributed by atoms with Crippen LogP contribution in [0.2, 0.25) is 0 Å². The lowest BCUT2D eigenvalue weighted by molar-refractivity contribution is -0.168. The van der Waals surface area contributed by atoms with Crippen LogP contribution in [-0.4, -0.2) is 59.1 Å². The van der Waals surface area contributed by atoms with Gasteiger partial charge in [-0.25, -0.2) is 9.18 Å². The minimum absolute atomic E-state index is 0.0195. The summed E-state index contributed by atoms with van der Waals surface area (Å²) in [6.07, 6.45) is -0.870. The molecule has 2 aliphatic rings. The summed E-state index contributed by atoms with van der Waals surface area (Å²) in [5, 5.41) is 3.99. The first kappa shape index (κ1) is 22.7. The average molecular weight is 448 g/mol. The third-order valence-electron chi connectivity index (χ3n) is 5.74. The molecule has 3 atom stereocenters. The molecule has 1 aromatic heterocycles. The largest absolute Gasteiger partial charge is 0.444 e. The Labute approximate surface area is 187 Å². The zero-order valence-corrected chi connectivity index (χ0v) is 19.1. The second kappa shape index (κ2) is 8.78. The van der Waals surface area contributed by atoms with Gasteiger partial charge in [-0.15, -0.1) is 0 Å². The van der Waals surface area contributed by atoms with E-state index < -0.39 is 11.7 Å². The number of fused-ring (bicyclic) bond motifs is 2. The van der Waals surface area contributed by atoms with Gasteiger partial charge >= 0.3 is 6.09 Å². The Morgan fingerprint density at radius 2 is 1.94 bits per heavy atom. The minimum Gasteiger partial charge on any atom is -0.444 e.